The van der Waals surface area contributed by atoms with E-state index in [1.807, 2.05) is 26.0 Å². The molecule has 0 radical (unpaired) electrons. The standard InChI is InChI=1S/C14H21NO2/c1-10-7-8-13(14(16)9-10)11(2)15-17-12-5-3-4-6-12/h7-9,11-12,15-16H,3-6H2,1-2H3. The third-order valence-corrected chi connectivity index (χ3v) is 3.37. The summed E-state index contributed by atoms with van der Waals surface area (Å²) >= 11 is 0. The van der Waals surface area contributed by atoms with E-state index in [0.29, 0.717) is 11.9 Å². The van der Waals surface area contributed by atoms with E-state index in [0.717, 1.165) is 24.0 Å². The highest BCUT2D eigenvalue weighted by Crippen LogP contribution is 2.26. The molecule has 0 aliphatic heterocycles. The Balaban J connectivity index is 1.91. The second-order valence-corrected chi connectivity index (χ2v) is 4.93. The van der Waals surface area contributed by atoms with Gasteiger partial charge in [-0.05, 0) is 38.3 Å². The summed E-state index contributed by atoms with van der Waals surface area (Å²) < 4.78 is 0. The van der Waals surface area contributed by atoms with Gasteiger partial charge < -0.3 is 5.11 Å². The van der Waals surface area contributed by atoms with Crippen LogP contribution in [0.1, 0.15) is 49.8 Å². The molecule has 1 aromatic rings. The zero-order valence-electron chi connectivity index (χ0n) is 10.6. The fourth-order valence-electron chi connectivity index (χ4n) is 2.29. The summed E-state index contributed by atoms with van der Waals surface area (Å²) in [5.74, 6) is 0.333. The lowest BCUT2D eigenvalue weighted by Crippen LogP contribution is -2.24. The van der Waals surface area contributed by atoms with E-state index in [4.69, 9.17) is 4.84 Å². The molecule has 0 bridgehead atoms. The van der Waals surface area contributed by atoms with Crippen molar-refractivity contribution >= 4 is 0 Å². The number of phenolic OH excluding ortho intramolecular Hbond substituents is 1. The van der Waals surface area contributed by atoms with Crippen LogP contribution in [0.2, 0.25) is 0 Å². The van der Waals surface area contributed by atoms with Crippen LogP contribution in [0.4, 0.5) is 0 Å². The maximum Gasteiger partial charge on any atom is 0.120 e. The largest absolute Gasteiger partial charge is 0.508 e. The van der Waals surface area contributed by atoms with Gasteiger partial charge in [-0.15, -0.1) is 0 Å². The van der Waals surface area contributed by atoms with Crippen LogP contribution in [0.3, 0.4) is 0 Å². The maximum absolute atomic E-state index is 9.86. The monoisotopic (exact) mass is 235 g/mol. The Morgan fingerprint density at radius 3 is 2.71 bits per heavy atom. The summed E-state index contributed by atoms with van der Waals surface area (Å²) in [7, 11) is 0. The van der Waals surface area contributed by atoms with Gasteiger partial charge in [-0.25, -0.2) is 0 Å². The highest BCUT2D eigenvalue weighted by Gasteiger charge is 2.17. The lowest BCUT2D eigenvalue weighted by atomic mass is 10.1. The fraction of sp³-hybridized carbons (Fsp3) is 0.571. The molecule has 0 heterocycles. The van der Waals surface area contributed by atoms with Gasteiger partial charge in [-0.3, -0.25) is 4.84 Å². The van der Waals surface area contributed by atoms with Crippen LogP contribution in [-0.2, 0) is 4.84 Å². The van der Waals surface area contributed by atoms with Crippen LogP contribution >= 0.6 is 0 Å². The number of hydrogen-bond acceptors (Lipinski definition) is 3. The van der Waals surface area contributed by atoms with E-state index in [9.17, 15) is 5.11 Å². The van der Waals surface area contributed by atoms with E-state index in [1.54, 1.807) is 6.07 Å². The molecule has 2 rings (SSSR count). The van der Waals surface area contributed by atoms with Gasteiger partial charge in [0.15, 0.2) is 0 Å². The van der Waals surface area contributed by atoms with Crippen molar-refractivity contribution in [1.82, 2.24) is 5.48 Å². The molecule has 1 aromatic carbocycles. The van der Waals surface area contributed by atoms with Crippen molar-refractivity contribution in [2.75, 3.05) is 0 Å². The Kier molecular flexibility index (Phi) is 4.02. The van der Waals surface area contributed by atoms with Crippen LogP contribution in [0.5, 0.6) is 5.75 Å². The lowest BCUT2D eigenvalue weighted by Gasteiger charge is -2.18. The molecule has 17 heavy (non-hydrogen) atoms. The number of phenols is 1. The Morgan fingerprint density at radius 1 is 1.35 bits per heavy atom. The molecule has 1 fully saturated rings. The number of hydroxylamine groups is 1. The number of nitrogens with one attached hydrogen (secondary N) is 1. The number of aryl methyl sites for hydroxylation is 1. The molecular formula is C14H21NO2. The lowest BCUT2D eigenvalue weighted by molar-refractivity contribution is -0.0379. The van der Waals surface area contributed by atoms with Crippen LogP contribution in [0.15, 0.2) is 18.2 Å². The van der Waals surface area contributed by atoms with E-state index in [1.165, 1.54) is 12.8 Å². The van der Waals surface area contributed by atoms with Crippen LogP contribution in [-0.4, -0.2) is 11.2 Å². The molecule has 2 N–H and O–H groups in total. The van der Waals surface area contributed by atoms with Gasteiger partial charge in [0.2, 0.25) is 0 Å². The molecule has 0 saturated heterocycles. The average molecular weight is 235 g/mol. The SMILES string of the molecule is Cc1ccc(C(C)NOC2CCCC2)c(O)c1. The Hall–Kier alpha value is -1.06. The number of aromatic hydroxyl groups is 1. The molecule has 1 aliphatic carbocycles. The first-order valence-corrected chi connectivity index (χ1v) is 6.37. The first-order valence-electron chi connectivity index (χ1n) is 6.37. The second kappa shape index (κ2) is 5.52. The zero-order valence-corrected chi connectivity index (χ0v) is 10.6. The third-order valence-electron chi connectivity index (χ3n) is 3.37. The normalized spacial score (nSPS) is 18.5. The van der Waals surface area contributed by atoms with E-state index < -0.39 is 0 Å². The predicted molar refractivity (Wildman–Crippen MR) is 67.7 cm³/mol. The minimum absolute atomic E-state index is 0.0104. The summed E-state index contributed by atoms with van der Waals surface area (Å²) in [6, 6.07) is 5.74. The molecule has 3 heteroatoms. The van der Waals surface area contributed by atoms with Gasteiger partial charge in [-0.1, -0.05) is 25.0 Å². The van der Waals surface area contributed by atoms with Gasteiger partial charge in [0.25, 0.3) is 0 Å². The van der Waals surface area contributed by atoms with E-state index in [-0.39, 0.29) is 6.04 Å². The molecule has 1 aliphatic rings. The fourth-order valence-corrected chi connectivity index (χ4v) is 2.29. The van der Waals surface area contributed by atoms with Crippen molar-refractivity contribution in [1.29, 1.82) is 0 Å². The Bertz CT molecular complexity index is 372. The molecule has 3 nitrogen and oxygen atoms in total. The second-order valence-electron chi connectivity index (χ2n) is 4.93. The molecule has 1 saturated carbocycles. The highest BCUT2D eigenvalue weighted by atomic mass is 16.7. The molecular weight excluding hydrogens is 214 g/mol. The minimum atomic E-state index is 0.0104. The van der Waals surface area contributed by atoms with Gasteiger partial charge in [0, 0.05) is 5.56 Å². The van der Waals surface area contributed by atoms with Gasteiger partial charge in [0.05, 0.1) is 12.1 Å². The van der Waals surface area contributed by atoms with Crippen molar-refractivity contribution in [2.24, 2.45) is 0 Å². The summed E-state index contributed by atoms with van der Waals surface area (Å²) in [4.78, 5) is 5.64. The van der Waals surface area contributed by atoms with Gasteiger partial charge in [0.1, 0.15) is 5.75 Å². The predicted octanol–water partition coefficient (Wildman–Crippen LogP) is 3.23. The average Bonchev–Trinajstić information content (AvgIpc) is 2.78. The van der Waals surface area contributed by atoms with Crippen LogP contribution in [0.25, 0.3) is 0 Å². The van der Waals surface area contributed by atoms with E-state index in [2.05, 4.69) is 5.48 Å². The van der Waals surface area contributed by atoms with Crippen molar-refractivity contribution < 1.29 is 9.94 Å². The Labute approximate surface area is 103 Å². The summed E-state index contributed by atoms with van der Waals surface area (Å²) in [5.41, 5.74) is 4.99. The van der Waals surface area contributed by atoms with Crippen LogP contribution in [0, 0.1) is 6.92 Å². The third kappa shape index (κ3) is 3.20. The summed E-state index contributed by atoms with van der Waals surface area (Å²) in [6.07, 6.45) is 5.14. The molecule has 0 aromatic heterocycles. The van der Waals surface area contributed by atoms with Crippen LogP contribution < -0.4 is 5.48 Å². The first-order chi connectivity index (χ1) is 8.16. The molecule has 0 spiro atoms. The quantitative estimate of drug-likeness (QED) is 0.787. The first kappa shape index (κ1) is 12.4. The number of rotatable bonds is 4. The minimum Gasteiger partial charge on any atom is -0.508 e. The zero-order chi connectivity index (χ0) is 12.3. The van der Waals surface area contributed by atoms with Crippen molar-refractivity contribution in [3.8, 4) is 5.75 Å². The van der Waals surface area contributed by atoms with Gasteiger partial charge in [-0.2, -0.15) is 5.48 Å². The summed E-state index contributed by atoms with van der Waals surface area (Å²) in [5, 5.41) is 9.86. The Morgan fingerprint density at radius 2 is 2.06 bits per heavy atom. The number of hydrogen-bond donors (Lipinski definition) is 2. The highest BCUT2D eigenvalue weighted by molar-refractivity contribution is 5.37. The van der Waals surface area contributed by atoms with Gasteiger partial charge >= 0.3 is 0 Å². The number of benzene rings is 1. The van der Waals surface area contributed by atoms with Crippen molar-refractivity contribution in [3.05, 3.63) is 29.3 Å². The smallest absolute Gasteiger partial charge is 0.120 e. The molecule has 1 atom stereocenters. The maximum atomic E-state index is 9.86. The molecule has 1 unspecified atom stereocenters. The van der Waals surface area contributed by atoms with Crippen molar-refractivity contribution in [3.63, 3.8) is 0 Å². The summed E-state index contributed by atoms with van der Waals surface area (Å²) in [6.45, 7) is 3.97. The molecule has 94 valence electrons. The van der Waals surface area contributed by atoms with E-state index >= 15 is 0 Å². The topological polar surface area (TPSA) is 41.5 Å². The van der Waals surface area contributed by atoms with Crippen molar-refractivity contribution in [2.45, 2.75) is 51.7 Å². The molecule has 0 amide bonds.